The Bertz CT molecular complexity index is 1250. The van der Waals surface area contributed by atoms with Crippen LogP contribution < -0.4 is 15.1 Å². The van der Waals surface area contributed by atoms with Gasteiger partial charge in [0.05, 0.1) is 22.6 Å². The minimum atomic E-state index is -0.554. The van der Waals surface area contributed by atoms with Crippen molar-refractivity contribution in [3.8, 4) is 11.5 Å². The minimum absolute atomic E-state index is 0.0354. The van der Waals surface area contributed by atoms with E-state index in [1.165, 1.54) is 0 Å². The standard InChI is InChI=1S/C26H22O5/c1-17(2)29-20-14-12-19(13-15-20)25(27)31-24-21-10-6-7-11-23(21)30-26(28)22(24)16-18-8-4-3-5-9-18/h3-15,17H,16H2,1-2H3. The van der Waals surface area contributed by atoms with Crippen LogP contribution in [0.1, 0.15) is 35.3 Å². The van der Waals surface area contributed by atoms with Gasteiger partial charge < -0.3 is 13.9 Å². The van der Waals surface area contributed by atoms with Gasteiger partial charge in [-0.05, 0) is 55.8 Å². The maximum Gasteiger partial charge on any atom is 0.343 e. The summed E-state index contributed by atoms with van der Waals surface area (Å²) in [6, 6.07) is 23.3. The third kappa shape index (κ3) is 4.67. The van der Waals surface area contributed by atoms with Crippen LogP contribution in [-0.4, -0.2) is 12.1 Å². The third-order valence-electron chi connectivity index (χ3n) is 4.74. The highest BCUT2D eigenvalue weighted by Crippen LogP contribution is 2.30. The van der Waals surface area contributed by atoms with Crippen molar-refractivity contribution in [2.75, 3.05) is 0 Å². The predicted molar refractivity (Wildman–Crippen MR) is 119 cm³/mol. The molecule has 0 aliphatic heterocycles. The Kier molecular flexibility index (Phi) is 5.85. The van der Waals surface area contributed by atoms with Crippen LogP contribution in [0, 0.1) is 0 Å². The van der Waals surface area contributed by atoms with Gasteiger partial charge in [0.15, 0.2) is 5.75 Å². The Hall–Kier alpha value is -3.86. The van der Waals surface area contributed by atoms with E-state index in [-0.39, 0.29) is 18.3 Å². The first kappa shape index (κ1) is 20.4. The molecule has 0 bridgehead atoms. The normalized spacial score (nSPS) is 10.9. The lowest BCUT2D eigenvalue weighted by molar-refractivity contribution is 0.0735. The van der Waals surface area contributed by atoms with Crippen molar-refractivity contribution in [1.29, 1.82) is 0 Å². The Balaban J connectivity index is 1.72. The molecular formula is C26H22O5. The number of hydrogen-bond acceptors (Lipinski definition) is 5. The van der Waals surface area contributed by atoms with Crippen LogP contribution in [0.4, 0.5) is 0 Å². The van der Waals surface area contributed by atoms with Gasteiger partial charge in [-0.3, -0.25) is 0 Å². The molecule has 1 aromatic heterocycles. The van der Waals surface area contributed by atoms with E-state index in [1.807, 2.05) is 50.2 Å². The summed E-state index contributed by atoms with van der Waals surface area (Å²) in [6.45, 7) is 3.87. The molecule has 5 nitrogen and oxygen atoms in total. The molecule has 4 aromatic rings. The quantitative estimate of drug-likeness (QED) is 0.313. The van der Waals surface area contributed by atoms with Gasteiger partial charge in [0.2, 0.25) is 0 Å². The van der Waals surface area contributed by atoms with Crippen LogP contribution in [0.3, 0.4) is 0 Å². The molecule has 0 aliphatic carbocycles. The summed E-state index contributed by atoms with van der Waals surface area (Å²) in [6.07, 6.45) is 0.325. The van der Waals surface area contributed by atoms with Crippen LogP contribution in [0.25, 0.3) is 11.0 Å². The molecule has 0 unspecified atom stereocenters. The number of ether oxygens (including phenoxy) is 2. The number of esters is 1. The van der Waals surface area contributed by atoms with Crippen molar-refractivity contribution in [1.82, 2.24) is 0 Å². The van der Waals surface area contributed by atoms with Gasteiger partial charge in [-0.2, -0.15) is 0 Å². The Morgan fingerprint density at radius 3 is 2.29 bits per heavy atom. The van der Waals surface area contributed by atoms with E-state index in [0.29, 0.717) is 27.8 Å². The summed E-state index contributed by atoms with van der Waals surface area (Å²) in [5.41, 5.74) is 1.42. The van der Waals surface area contributed by atoms with E-state index in [2.05, 4.69) is 0 Å². The number of carbonyl (C=O) groups excluding carboxylic acids is 1. The van der Waals surface area contributed by atoms with Crippen LogP contribution in [0.2, 0.25) is 0 Å². The summed E-state index contributed by atoms with van der Waals surface area (Å²) in [7, 11) is 0. The lowest BCUT2D eigenvalue weighted by Crippen LogP contribution is -2.16. The average molecular weight is 414 g/mol. The van der Waals surface area contributed by atoms with Crippen LogP contribution in [0.15, 0.2) is 88.1 Å². The molecule has 0 N–H and O–H groups in total. The fourth-order valence-corrected chi connectivity index (χ4v) is 3.32. The zero-order valence-electron chi connectivity index (χ0n) is 17.3. The SMILES string of the molecule is CC(C)Oc1ccc(C(=O)Oc2c(Cc3ccccc3)c(=O)oc3ccccc23)cc1. The van der Waals surface area contributed by atoms with Gasteiger partial charge in [0.25, 0.3) is 0 Å². The van der Waals surface area contributed by atoms with Gasteiger partial charge in [0.1, 0.15) is 11.3 Å². The highest BCUT2D eigenvalue weighted by molar-refractivity contribution is 5.94. The first-order chi connectivity index (χ1) is 15.0. The predicted octanol–water partition coefficient (Wildman–Crippen LogP) is 5.39. The van der Waals surface area contributed by atoms with Crippen molar-refractivity contribution >= 4 is 16.9 Å². The second-order valence-corrected chi connectivity index (χ2v) is 7.44. The monoisotopic (exact) mass is 414 g/mol. The molecule has 5 heteroatoms. The number of carbonyl (C=O) groups is 1. The summed E-state index contributed by atoms with van der Waals surface area (Å²) < 4.78 is 16.9. The molecule has 4 rings (SSSR count). The molecule has 3 aromatic carbocycles. The van der Waals surface area contributed by atoms with Crippen molar-refractivity contribution < 1.29 is 18.7 Å². The second kappa shape index (κ2) is 8.88. The van der Waals surface area contributed by atoms with Crippen molar-refractivity contribution in [2.45, 2.75) is 26.4 Å². The molecule has 0 saturated heterocycles. The average Bonchev–Trinajstić information content (AvgIpc) is 2.77. The molecule has 0 fully saturated rings. The smallest absolute Gasteiger partial charge is 0.343 e. The molecule has 0 aliphatic rings. The van der Waals surface area contributed by atoms with Crippen LogP contribution in [-0.2, 0) is 6.42 Å². The molecule has 0 saturated carbocycles. The molecule has 0 spiro atoms. The lowest BCUT2D eigenvalue weighted by atomic mass is 10.0. The fourth-order valence-electron chi connectivity index (χ4n) is 3.32. The van der Waals surface area contributed by atoms with E-state index in [1.54, 1.807) is 42.5 Å². The number of rotatable bonds is 6. The van der Waals surface area contributed by atoms with E-state index >= 15 is 0 Å². The van der Waals surface area contributed by atoms with Crippen molar-refractivity contribution in [3.63, 3.8) is 0 Å². The lowest BCUT2D eigenvalue weighted by Gasteiger charge is -2.13. The summed E-state index contributed by atoms with van der Waals surface area (Å²) in [5, 5.41) is 0.571. The fraction of sp³-hybridized carbons (Fsp3) is 0.154. The second-order valence-electron chi connectivity index (χ2n) is 7.44. The molecule has 31 heavy (non-hydrogen) atoms. The first-order valence-corrected chi connectivity index (χ1v) is 10.1. The summed E-state index contributed by atoms with van der Waals surface area (Å²) >= 11 is 0. The Labute approximate surface area is 179 Å². The van der Waals surface area contributed by atoms with Gasteiger partial charge in [-0.25, -0.2) is 9.59 Å². The highest BCUT2D eigenvalue weighted by Gasteiger charge is 2.20. The number of hydrogen-bond donors (Lipinski definition) is 0. The summed E-state index contributed by atoms with van der Waals surface area (Å²) in [4.78, 5) is 25.7. The van der Waals surface area contributed by atoms with E-state index < -0.39 is 11.6 Å². The Morgan fingerprint density at radius 1 is 0.903 bits per heavy atom. The topological polar surface area (TPSA) is 65.7 Å². The number of para-hydroxylation sites is 1. The highest BCUT2D eigenvalue weighted by atomic mass is 16.5. The molecular weight excluding hydrogens is 392 g/mol. The zero-order valence-corrected chi connectivity index (χ0v) is 17.3. The molecule has 0 radical (unpaired) electrons. The first-order valence-electron chi connectivity index (χ1n) is 10.1. The third-order valence-corrected chi connectivity index (χ3v) is 4.74. The Morgan fingerprint density at radius 2 is 1.58 bits per heavy atom. The van der Waals surface area contributed by atoms with Crippen molar-refractivity contribution in [2.24, 2.45) is 0 Å². The number of fused-ring (bicyclic) bond motifs is 1. The van der Waals surface area contributed by atoms with Crippen LogP contribution >= 0.6 is 0 Å². The molecule has 1 heterocycles. The van der Waals surface area contributed by atoms with Gasteiger partial charge in [0, 0.05) is 6.42 Å². The van der Waals surface area contributed by atoms with Gasteiger partial charge >= 0.3 is 11.6 Å². The van der Waals surface area contributed by atoms with E-state index in [9.17, 15) is 9.59 Å². The number of benzene rings is 3. The van der Waals surface area contributed by atoms with Gasteiger partial charge in [-0.1, -0.05) is 42.5 Å². The summed E-state index contributed by atoms with van der Waals surface area (Å²) in [5.74, 6) is 0.339. The van der Waals surface area contributed by atoms with Crippen LogP contribution in [0.5, 0.6) is 11.5 Å². The molecule has 0 amide bonds. The zero-order chi connectivity index (χ0) is 21.8. The maximum absolute atomic E-state index is 12.9. The van der Waals surface area contributed by atoms with Crippen molar-refractivity contribution in [3.05, 3.63) is 106 Å². The molecule has 156 valence electrons. The molecule has 0 atom stereocenters. The largest absolute Gasteiger partial charge is 0.491 e. The maximum atomic E-state index is 12.9. The van der Waals surface area contributed by atoms with E-state index in [4.69, 9.17) is 13.9 Å². The van der Waals surface area contributed by atoms with E-state index in [0.717, 1.165) is 5.56 Å². The minimum Gasteiger partial charge on any atom is -0.491 e. The van der Waals surface area contributed by atoms with Gasteiger partial charge in [-0.15, -0.1) is 0 Å².